The Morgan fingerprint density at radius 2 is 2.06 bits per heavy atom. The van der Waals surface area contributed by atoms with Crippen LogP contribution >= 0.6 is 0 Å². The lowest BCUT2D eigenvalue weighted by Gasteiger charge is -2.17. The molecule has 4 heteroatoms. The molecule has 0 aromatic heterocycles. The van der Waals surface area contributed by atoms with E-state index in [1.54, 1.807) is 26.0 Å². The van der Waals surface area contributed by atoms with Gasteiger partial charge in [0, 0.05) is 17.9 Å². The number of carbonyl (C=O) groups is 2. The third-order valence-corrected chi connectivity index (χ3v) is 2.89. The number of hydrogen-bond acceptors (Lipinski definition) is 3. The Bertz CT molecular complexity index is 467. The summed E-state index contributed by atoms with van der Waals surface area (Å²) in [6.45, 7) is 3.42. The molecule has 2 amide bonds. The Hall–Kier alpha value is -1.84. The summed E-state index contributed by atoms with van der Waals surface area (Å²) in [5, 5.41) is 9.55. The first-order valence-electron chi connectivity index (χ1n) is 5.17. The monoisotopic (exact) mass is 219 g/mol. The van der Waals surface area contributed by atoms with Crippen molar-refractivity contribution in [3.8, 4) is 5.75 Å². The minimum absolute atomic E-state index is 0.0950. The van der Waals surface area contributed by atoms with E-state index in [2.05, 4.69) is 0 Å². The number of amides is 2. The summed E-state index contributed by atoms with van der Waals surface area (Å²) in [4.78, 5) is 24.7. The van der Waals surface area contributed by atoms with Gasteiger partial charge in [-0.3, -0.25) is 9.59 Å². The molecule has 1 atom stereocenters. The normalized spacial score (nSPS) is 20.6. The Balaban J connectivity index is 2.49. The van der Waals surface area contributed by atoms with Crippen molar-refractivity contribution in [2.45, 2.75) is 20.3 Å². The fourth-order valence-corrected chi connectivity index (χ4v) is 1.89. The molecule has 16 heavy (non-hydrogen) atoms. The van der Waals surface area contributed by atoms with E-state index in [1.165, 1.54) is 11.0 Å². The van der Waals surface area contributed by atoms with Gasteiger partial charge in [-0.1, -0.05) is 13.0 Å². The van der Waals surface area contributed by atoms with Crippen LogP contribution in [-0.4, -0.2) is 16.9 Å². The van der Waals surface area contributed by atoms with Crippen molar-refractivity contribution < 1.29 is 14.7 Å². The van der Waals surface area contributed by atoms with E-state index < -0.39 is 0 Å². The van der Waals surface area contributed by atoms with Crippen LogP contribution in [0.3, 0.4) is 0 Å². The maximum absolute atomic E-state index is 11.8. The van der Waals surface area contributed by atoms with E-state index in [0.717, 1.165) is 0 Å². The van der Waals surface area contributed by atoms with Crippen molar-refractivity contribution in [3.05, 3.63) is 23.8 Å². The van der Waals surface area contributed by atoms with Gasteiger partial charge < -0.3 is 5.11 Å². The fraction of sp³-hybridized carbons (Fsp3) is 0.333. The van der Waals surface area contributed by atoms with Gasteiger partial charge in [0.1, 0.15) is 5.75 Å². The molecule has 1 N–H and O–H groups in total. The summed E-state index contributed by atoms with van der Waals surface area (Å²) < 4.78 is 0. The van der Waals surface area contributed by atoms with Gasteiger partial charge in [0.2, 0.25) is 11.8 Å². The molecule has 0 spiro atoms. The predicted octanol–water partition coefficient (Wildman–Crippen LogP) is 1.60. The average Bonchev–Trinajstić information content (AvgIpc) is 2.47. The second-order valence-electron chi connectivity index (χ2n) is 4.09. The topological polar surface area (TPSA) is 57.6 Å². The molecule has 1 aliphatic rings. The van der Waals surface area contributed by atoms with E-state index in [9.17, 15) is 14.7 Å². The Morgan fingerprint density at radius 3 is 2.62 bits per heavy atom. The zero-order valence-corrected chi connectivity index (χ0v) is 9.23. The summed E-state index contributed by atoms with van der Waals surface area (Å²) >= 11 is 0. The van der Waals surface area contributed by atoms with Gasteiger partial charge >= 0.3 is 0 Å². The van der Waals surface area contributed by atoms with Gasteiger partial charge in [0.15, 0.2) is 0 Å². The molecule has 0 bridgehead atoms. The largest absolute Gasteiger partial charge is 0.508 e. The van der Waals surface area contributed by atoms with Gasteiger partial charge in [-0.05, 0) is 19.1 Å². The summed E-state index contributed by atoms with van der Waals surface area (Å²) in [6.07, 6.45) is 0.244. The number of aromatic hydroxyl groups is 1. The highest BCUT2D eigenvalue weighted by atomic mass is 16.3. The molecular weight excluding hydrogens is 206 g/mol. The van der Waals surface area contributed by atoms with E-state index in [0.29, 0.717) is 11.3 Å². The summed E-state index contributed by atoms with van der Waals surface area (Å²) in [7, 11) is 0. The van der Waals surface area contributed by atoms with Gasteiger partial charge in [-0.25, -0.2) is 4.90 Å². The first-order chi connectivity index (χ1) is 7.52. The van der Waals surface area contributed by atoms with Crippen LogP contribution in [-0.2, 0) is 9.59 Å². The summed E-state index contributed by atoms with van der Waals surface area (Å²) in [5.74, 6) is -0.572. The second kappa shape index (κ2) is 3.63. The Morgan fingerprint density at radius 1 is 1.38 bits per heavy atom. The lowest BCUT2D eigenvalue weighted by atomic mass is 10.1. The highest BCUT2D eigenvalue weighted by Crippen LogP contribution is 2.32. The standard InChI is InChI=1S/C12H13NO3/c1-7-6-11(15)13(12(7)16)9-4-3-5-10(14)8(9)2/h3-5,7,14H,6H2,1-2H3. The van der Waals surface area contributed by atoms with Crippen molar-refractivity contribution in [1.82, 2.24) is 0 Å². The van der Waals surface area contributed by atoms with Gasteiger partial charge in [-0.15, -0.1) is 0 Å². The zero-order valence-electron chi connectivity index (χ0n) is 9.23. The third-order valence-electron chi connectivity index (χ3n) is 2.89. The molecule has 1 saturated heterocycles. The number of phenolic OH excluding ortho intramolecular Hbond substituents is 1. The SMILES string of the molecule is Cc1c(O)cccc1N1C(=O)CC(C)C1=O. The second-order valence-corrected chi connectivity index (χ2v) is 4.09. The number of nitrogens with zero attached hydrogens (tertiary/aromatic N) is 1. The van der Waals surface area contributed by atoms with Gasteiger partial charge in [0.25, 0.3) is 0 Å². The number of hydrogen-bond donors (Lipinski definition) is 1. The van der Waals surface area contributed by atoms with Crippen molar-refractivity contribution in [2.75, 3.05) is 4.90 Å². The molecule has 1 unspecified atom stereocenters. The third kappa shape index (κ3) is 1.46. The Kier molecular flexibility index (Phi) is 2.42. The minimum Gasteiger partial charge on any atom is -0.508 e. The number of anilines is 1. The van der Waals surface area contributed by atoms with Crippen LogP contribution in [0.4, 0.5) is 5.69 Å². The van der Waals surface area contributed by atoms with Crippen LogP contribution < -0.4 is 4.90 Å². The molecule has 1 aromatic carbocycles. The number of imide groups is 1. The first kappa shape index (κ1) is 10.7. The molecular formula is C12H13NO3. The van der Waals surface area contributed by atoms with Crippen LogP contribution in [0.2, 0.25) is 0 Å². The first-order valence-corrected chi connectivity index (χ1v) is 5.17. The van der Waals surface area contributed by atoms with Crippen molar-refractivity contribution in [1.29, 1.82) is 0 Å². The average molecular weight is 219 g/mol. The number of phenols is 1. The predicted molar refractivity (Wildman–Crippen MR) is 59.1 cm³/mol. The maximum atomic E-state index is 11.8. The molecule has 84 valence electrons. The molecule has 1 aromatic rings. The zero-order chi connectivity index (χ0) is 11.9. The van der Waals surface area contributed by atoms with Crippen LogP contribution in [0.15, 0.2) is 18.2 Å². The van der Waals surface area contributed by atoms with Crippen molar-refractivity contribution in [2.24, 2.45) is 5.92 Å². The van der Waals surface area contributed by atoms with Crippen molar-refractivity contribution in [3.63, 3.8) is 0 Å². The fourth-order valence-electron chi connectivity index (χ4n) is 1.89. The molecule has 4 nitrogen and oxygen atoms in total. The molecule has 1 heterocycles. The van der Waals surface area contributed by atoms with Crippen molar-refractivity contribution >= 4 is 17.5 Å². The lowest BCUT2D eigenvalue weighted by Crippen LogP contribution is -2.30. The molecule has 0 aliphatic carbocycles. The quantitative estimate of drug-likeness (QED) is 0.730. The van der Waals surface area contributed by atoms with E-state index in [1.807, 2.05) is 0 Å². The Labute approximate surface area is 93.5 Å². The smallest absolute Gasteiger partial charge is 0.237 e. The molecule has 0 saturated carbocycles. The number of benzene rings is 1. The highest BCUT2D eigenvalue weighted by Gasteiger charge is 2.37. The highest BCUT2D eigenvalue weighted by molar-refractivity contribution is 6.21. The van der Waals surface area contributed by atoms with E-state index in [-0.39, 0.29) is 29.9 Å². The molecule has 0 radical (unpaired) electrons. The molecule has 2 rings (SSSR count). The molecule has 1 fully saturated rings. The van der Waals surface area contributed by atoms with Crippen LogP contribution in [0.1, 0.15) is 18.9 Å². The van der Waals surface area contributed by atoms with Crippen LogP contribution in [0.25, 0.3) is 0 Å². The number of rotatable bonds is 1. The number of carbonyl (C=O) groups excluding carboxylic acids is 2. The van der Waals surface area contributed by atoms with Gasteiger partial charge in [0.05, 0.1) is 5.69 Å². The lowest BCUT2D eigenvalue weighted by molar-refractivity contribution is -0.122. The van der Waals surface area contributed by atoms with E-state index >= 15 is 0 Å². The minimum atomic E-state index is -0.269. The molecule has 1 aliphatic heterocycles. The maximum Gasteiger partial charge on any atom is 0.237 e. The van der Waals surface area contributed by atoms with Gasteiger partial charge in [-0.2, -0.15) is 0 Å². The van der Waals surface area contributed by atoms with Crippen LogP contribution in [0, 0.1) is 12.8 Å². The van der Waals surface area contributed by atoms with Crippen LogP contribution in [0.5, 0.6) is 5.75 Å². The summed E-state index contributed by atoms with van der Waals surface area (Å²) in [6, 6.07) is 4.83. The summed E-state index contributed by atoms with van der Waals surface area (Å²) in [5.41, 5.74) is 1.04. The van der Waals surface area contributed by atoms with E-state index in [4.69, 9.17) is 0 Å².